The van der Waals surface area contributed by atoms with E-state index in [2.05, 4.69) is 15.9 Å². The zero-order chi connectivity index (χ0) is 14.7. The van der Waals surface area contributed by atoms with Crippen molar-refractivity contribution in [1.82, 2.24) is 0 Å². The molecule has 0 saturated carbocycles. The second-order valence-electron chi connectivity index (χ2n) is 3.82. The molecular formula is C14H9BrF2O3. The third-order valence-electron chi connectivity index (χ3n) is 2.53. The van der Waals surface area contributed by atoms with E-state index in [1.165, 1.54) is 7.11 Å². The van der Waals surface area contributed by atoms with Crippen LogP contribution in [0.3, 0.4) is 0 Å². The Kier molecular flexibility index (Phi) is 4.34. The number of carbonyl (C=O) groups is 1. The maximum atomic E-state index is 13.4. The Balaban J connectivity index is 2.30. The second-order valence-corrected chi connectivity index (χ2v) is 4.67. The molecule has 0 bridgehead atoms. The standard InChI is InChI=1S/C14H9BrF2O3/c1-19-14-3-2-8(4-11(14)15)20-9-5-12(16)10(7-18)13(17)6-9/h2-7H,1H3. The van der Waals surface area contributed by atoms with Gasteiger partial charge in [-0.05, 0) is 34.1 Å². The van der Waals surface area contributed by atoms with Crippen molar-refractivity contribution in [1.29, 1.82) is 0 Å². The number of ether oxygens (including phenoxy) is 2. The fourth-order valence-electron chi connectivity index (χ4n) is 1.58. The lowest BCUT2D eigenvalue weighted by atomic mass is 10.2. The molecule has 0 spiro atoms. The lowest BCUT2D eigenvalue weighted by Crippen LogP contribution is -1.95. The molecule has 20 heavy (non-hydrogen) atoms. The van der Waals surface area contributed by atoms with Crippen molar-refractivity contribution >= 4 is 22.2 Å². The maximum absolute atomic E-state index is 13.4. The van der Waals surface area contributed by atoms with Crippen LogP contribution >= 0.6 is 15.9 Å². The quantitative estimate of drug-likeness (QED) is 0.775. The van der Waals surface area contributed by atoms with Gasteiger partial charge in [0.15, 0.2) is 6.29 Å². The van der Waals surface area contributed by atoms with Crippen molar-refractivity contribution in [3.63, 3.8) is 0 Å². The van der Waals surface area contributed by atoms with E-state index in [4.69, 9.17) is 9.47 Å². The zero-order valence-corrected chi connectivity index (χ0v) is 11.9. The van der Waals surface area contributed by atoms with Gasteiger partial charge in [-0.3, -0.25) is 4.79 Å². The van der Waals surface area contributed by atoms with E-state index in [-0.39, 0.29) is 12.0 Å². The molecule has 0 saturated heterocycles. The predicted molar refractivity (Wildman–Crippen MR) is 72.5 cm³/mol. The number of methoxy groups -OCH3 is 1. The van der Waals surface area contributed by atoms with Crippen LogP contribution < -0.4 is 9.47 Å². The highest BCUT2D eigenvalue weighted by molar-refractivity contribution is 9.10. The fraction of sp³-hybridized carbons (Fsp3) is 0.0714. The number of carbonyl (C=O) groups excluding carboxylic acids is 1. The number of hydrogen-bond acceptors (Lipinski definition) is 3. The van der Waals surface area contributed by atoms with Crippen LogP contribution in [0.5, 0.6) is 17.2 Å². The molecule has 0 radical (unpaired) electrons. The van der Waals surface area contributed by atoms with E-state index in [0.717, 1.165) is 12.1 Å². The van der Waals surface area contributed by atoms with Crippen LogP contribution in [-0.2, 0) is 0 Å². The van der Waals surface area contributed by atoms with Gasteiger partial charge in [-0.25, -0.2) is 8.78 Å². The minimum Gasteiger partial charge on any atom is -0.496 e. The summed E-state index contributed by atoms with van der Waals surface area (Å²) in [5.41, 5.74) is -0.617. The molecule has 0 aliphatic carbocycles. The molecule has 0 fully saturated rings. The minimum atomic E-state index is -0.970. The van der Waals surface area contributed by atoms with Gasteiger partial charge in [0.05, 0.1) is 17.1 Å². The molecule has 6 heteroatoms. The summed E-state index contributed by atoms with van der Waals surface area (Å²) >= 11 is 3.27. The van der Waals surface area contributed by atoms with Gasteiger partial charge in [-0.2, -0.15) is 0 Å². The third-order valence-corrected chi connectivity index (χ3v) is 3.15. The summed E-state index contributed by atoms with van der Waals surface area (Å²) in [6.45, 7) is 0. The van der Waals surface area contributed by atoms with Crippen LogP contribution in [0.15, 0.2) is 34.8 Å². The first-order chi connectivity index (χ1) is 9.55. The summed E-state index contributed by atoms with van der Waals surface area (Å²) in [6, 6.07) is 6.73. The molecule has 104 valence electrons. The highest BCUT2D eigenvalue weighted by Crippen LogP contribution is 2.32. The molecule has 2 aromatic carbocycles. The molecule has 0 N–H and O–H groups in total. The van der Waals surface area contributed by atoms with Crippen molar-refractivity contribution in [3.05, 3.63) is 52.0 Å². The monoisotopic (exact) mass is 342 g/mol. The normalized spacial score (nSPS) is 10.2. The summed E-state index contributed by atoms with van der Waals surface area (Å²) in [6.07, 6.45) is 0.123. The van der Waals surface area contributed by atoms with Gasteiger partial charge < -0.3 is 9.47 Å². The Labute approximate surface area is 122 Å². The molecule has 0 unspecified atom stereocenters. The zero-order valence-electron chi connectivity index (χ0n) is 10.3. The summed E-state index contributed by atoms with van der Waals surface area (Å²) in [5.74, 6) is -1.01. The SMILES string of the molecule is COc1ccc(Oc2cc(F)c(C=O)c(F)c2)cc1Br. The fourth-order valence-corrected chi connectivity index (χ4v) is 2.10. The largest absolute Gasteiger partial charge is 0.496 e. The van der Waals surface area contributed by atoms with E-state index in [0.29, 0.717) is 16.0 Å². The lowest BCUT2D eigenvalue weighted by molar-refractivity contribution is 0.111. The average molecular weight is 343 g/mol. The lowest BCUT2D eigenvalue weighted by Gasteiger charge is -2.09. The van der Waals surface area contributed by atoms with Crippen molar-refractivity contribution in [3.8, 4) is 17.2 Å². The van der Waals surface area contributed by atoms with E-state index in [1.807, 2.05) is 0 Å². The van der Waals surface area contributed by atoms with Gasteiger partial charge >= 0.3 is 0 Å². The van der Waals surface area contributed by atoms with E-state index in [9.17, 15) is 13.6 Å². The summed E-state index contributed by atoms with van der Waals surface area (Å²) in [7, 11) is 1.52. The number of rotatable bonds is 4. The van der Waals surface area contributed by atoms with Crippen molar-refractivity contribution in [2.45, 2.75) is 0 Å². The topological polar surface area (TPSA) is 35.5 Å². The molecule has 0 heterocycles. The van der Waals surface area contributed by atoms with Gasteiger partial charge in [-0.15, -0.1) is 0 Å². The predicted octanol–water partition coefficient (Wildman–Crippen LogP) is 4.34. The maximum Gasteiger partial charge on any atom is 0.155 e. The molecule has 0 aliphatic rings. The van der Waals surface area contributed by atoms with Gasteiger partial charge in [0.2, 0.25) is 0 Å². The smallest absolute Gasteiger partial charge is 0.155 e. The molecule has 0 atom stereocenters. The van der Waals surface area contributed by atoms with Gasteiger partial charge in [0.1, 0.15) is 28.9 Å². The highest BCUT2D eigenvalue weighted by Gasteiger charge is 2.12. The third kappa shape index (κ3) is 2.96. The Bertz CT molecular complexity index is 636. The van der Waals surface area contributed by atoms with E-state index >= 15 is 0 Å². The molecule has 3 nitrogen and oxygen atoms in total. The van der Waals surface area contributed by atoms with Gasteiger partial charge in [0.25, 0.3) is 0 Å². The summed E-state index contributed by atoms with van der Waals surface area (Å²) in [5, 5.41) is 0. The average Bonchev–Trinajstić information content (AvgIpc) is 2.38. The van der Waals surface area contributed by atoms with Crippen LogP contribution in [0, 0.1) is 11.6 Å². The van der Waals surface area contributed by atoms with Crippen molar-refractivity contribution in [2.75, 3.05) is 7.11 Å². The van der Waals surface area contributed by atoms with Gasteiger partial charge in [0, 0.05) is 12.1 Å². The Morgan fingerprint density at radius 2 is 1.75 bits per heavy atom. The second kappa shape index (κ2) is 6.00. The van der Waals surface area contributed by atoms with Crippen LogP contribution in [0.4, 0.5) is 8.78 Å². The van der Waals surface area contributed by atoms with Crippen LogP contribution in [-0.4, -0.2) is 13.4 Å². The Hall–Kier alpha value is -1.95. The van der Waals surface area contributed by atoms with Crippen LogP contribution in [0.25, 0.3) is 0 Å². The number of benzene rings is 2. The first-order valence-corrected chi connectivity index (χ1v) is 6.30. The van der Waals surface area contributed by atoms with E-state index < -0.39 is 17.2 Å². The molecule has 0 aromatic heterocycles. The molecule has 0 aliphatic heterocycles. The van der Waals surface area contributed by atoms with Crippen LogP contribution in [0.1, 0.15) is 10.4 Å². The molecular weight excluding hydrogens is 334 g/mol. The first-order valence-electron chi connectivity index (χ1n) is 5.50. The van der Waals surface area contributed by atoms with E-state index in [1.54, 1.807) is 18.2 Å². The number of halogens is 3. The van der Waals surface area contributed by atoms with Gasteiger partial charge in [-0.1, -0.05) is 0 Å². The number of hydrogen-bond donors (Lipinski definition) is 0. The van der Waals surface area contributed by atoms with Crippen LogP contribution in [0.2, 0.25) is 0 Å². The molecule has 2 rings (SSSR count). The first kappa shape index (κ1) is 14.5. The van der Waals surface area contributed by atoms with Crippen molar-refractivity contribution < 1.29 is 23.0 Å². The molecule has 2 aromatic rings. The van der Waals surface area contributed by atoms with Crippen molar-refractivity contribution in [2.24, 2.45) is 0 Å². The number of aldehydes is 1. The molecule has 0 amide bonds. The summed E-state index contributed by atoms with van der Waals surface area (Å²) < 4.78 is 37.9. The minimum absolute atomic E-state index is 0.0392. The summed E-state index contributed by atoms with van der Waals surface area (Å²) in [4.78, 5) is 10.5. The Morgan fingerprint density at radius 1 is 1.10 bits per heavy atom. The highest BCUT2D eigenvalue weighted by atomic mass is 79.9. The Morgan fingerprint density at radius 3 is 2.25 bits per heavy atom.